The predicted molar refractivity (Wildman–Crippen MR) is 80.5 cm³/mol. The first-order valence-corrected chi connectivity index (χ1v) is 7.18. The smallest absolute Gasteiger partial charge is 0.174 e. The summed E-state index contributed by atoms with van der Waals surface area (Å²) in [6.07, 6.45) is 2.70. The van der Waals surface area contributed by atoms with Gasteiger partial charge in [0.25, 0.3) is 0 Å². The molecule has 2 aromatic rings. The predicted octanol–water partition coefficient (Wildman–Crippen LogP) is 3.32. The van der Waals surface area contributed by atoms with E-state index in [0.717, 1.165) is 30.0 Å². The molecule has 1 N–H and O–H groups in total. The highest BCUT2D eigenvalue weighted by Gasteiger charge is 2.13. The summed E-state index contributed by atoms with van der Waals surface area (Å²) in [4.78, 5) is 0. The van der Waals surface area contributed by atoms with Crippen molar-refractivity contribution in [2.24, 2.45) is 0 Å². The molecule has 0 saturated heterocycles. The summed E-state index contributed by atoms with van der Waals surface area (Å²) in [6, 6.07) is 7.87. The van der Waals surface area contributed by atoms with E-state index in [0.29, 0.717) is 12.4 Å². The number of hydrogen-bond acceptors (Lipinski definition) is 5. The van der Waals surface area contributed by atoms with Gasteiger partial charge in [0.2, 0.25) is 0 Å². The van der Waals surface area contributed by atoms with Crippen molar-refractivity contribution in [2.75, 3.05) is 13.7 Å². The van der Waals surface area contributed by atoms with Crippen LogP contribution in [0.4, 0.5) is 0 Å². The standard InChI is InChI=1S/C16H22N2O3/c1-4-8-17-12(2)15-6-5-13(19-3)10-16(15)20-11-14-7-9-18-21-14/h5-7,9-10,12,17H,4,8,11H2,1-3H3. The molecule has 21 heavy (non-hydrogen) atoms. The van der Waals surface area contributed by atoms with Crippen LogP contribution in [0.15, 0.2) is 35.0 Å². The molecule has 1 unspecified atom stereocenters. The molecule has 0 radical (unpaired) electrons. The van der Waals surface area contributed by atoms with E-state index >= 15 is 0 Å². The van der Waals surface area contributed by atoms with E-state index in [1.165, 1.54) is 0 Å². The van der Waals surface area contributed by atoms with Gasteiger partial charge in [0.1, 0.15) is 18.1 Å². The van der Waals surface area contributed by atoms with Crippen molar-refractivity contribution in [2.45, 2.75) is 32.9 Å². The van der Waals surface area contributed by atoms with Crippen molar-refractivity contribution >= 4 is 0 Å². The first-order chi connectivity index (χ1) is 10.2. The lowest BCUT2D eigenvalue weighted by molar-refractivity contribution is 0.245. The molecule has 1 aromatic heterocycles. The number of nitrogens with zero attached hydrogens (tertiary/aromatic N) is 1. The van der Waals surface area contributed by atoms with Crippen molar-refractivity contribution in [3.05, 3.63) is 41.8 Å². The summed E-state index contributed by atoms with van der Waals surface area (Å²) < 4.78 is 16.2. The van der Waals surface area contributed by atoms with E-state index in [4.69, 9.17) is 14.0 Å². The number of ether oxygens (including phenoxy) is 2. The van der Waals surface area contributed by atoms with Crippen LogP contribution in [0.1, 0.15) is 37.6 Å². The van der Waals surface area contributed by atoms with Crippen LogP contribution in [0.2, 0.25) is 0 Å². The summed E-state index contributed by atoms with van der Waals surface area (Å²) in [5, 5.41) is 7.14. The Morgan fingerprint density at radius 1 is 1.33 bits per heavy atom. The van der Waals surface area contributed by atoms with Gasteiger partial charge in [-0.05, 0) is 26.0 Å². The van der Waals surface area contributed by atoms with Gasteiger partial charge in [-0.15, -0.1) is 0 Å². The Balaban J connectivity index is 2.14. The molecule has 114 valence electrons. The van der Waals surface area contributed by atoms with Crippen LogP contribution in [0, 0.1) is 0 Å². The van der Waals surface area contributed by atoms with Crippen molar-refractivity contribution in [1.82, 2.24) is 10.5 Å². The Kier molecular flexibility index (Phi) is 5.63. The molecule has 0 fully saturated rings. The number of methoxy groups -OCH3 is 1. The molecular formula is C16H22N2O3. The molecule has 0 aliphatic heterocycles. The van der Waals surface area contributed by atoms with Crippen LogP contribution in [-0.2, 0) is 6.61 Å². The molecule has 0 saturated carbocycles. The molecule has 0 aliphatic rings. The second-order valence-corrected chi connectivity index (χ2v) is 4.85. The van der Waals surface area contributed by atoms with E-state index in [9.17, 15) is 0 Å². The van der Waals surface area contributed by atoms with Crippen molar-refractivity contribution in [3.8, 4) is 11.5 Å². The largest absolute Gasteiger partial charge is 0.497 e. The zero-order chi connectivity index (χ0) is 15.1. The highest BCUT2D eigenvalue weighted by molar-refractivity contribution is 5.42. The van der Waals surface area contributed by atoms with Gasteiger partial charge in [-0.25, -0.2) is 0 Å². The van der Waals surface area contributed by atoms with Gasteiger partial charge < -0.3 is 19.3 Å². The third kappa shape index (κ3) is 4.23. The number of hydrogen-bond donors (Lipinski definition) is 1. The van der Waals surface area contributed by atoms with Crippen LogP contribution in [0.3, 0.4) is 0 Å². The fourth-order valence-electron chi connectivity index (χ4n) is 2.06. The van der Waals surface area contributed by atoms with Crippen LogP contribution < -0.4 is 14.8 Å². The Morgan fingerprint density at radius 2 is 2.19 bits per heavy atom. The molecule has 1 aromatic carbocycles. The van der Waals surface area contributed by atoms with Gasteiger partial charge in [0.15, 0.2) is 5.76 Å². The minimum atomic E-state index is 0.209. The molecule has 0 bridgehead atoms. The molecule has 0 aliphatic carbocycles. The van der Waals surface area contributed by atoms with E-state index < -0.39 is 0 Å². The minimum Gasteiger partial charge on any atom is -0.497 e. The van der Waals surface area contributed by atoms with Crippen LogP contribution in [-0.4, -0.2) is 18.8 Å². The fraction of sp³-hybridized carbons (Fsp3) is 0.438. The van der Waals surface area contributed by atoms with Gasteiger partial charge in [-0.1, -0.05) is 18.1 Å². The molecular weight excluding hydrogens is 268 g/mol. The third-order valence-electron chi connectivity index (χ3n) is 3.25. The third-order valence-corrected chi connectivity index (χ3v) is 3.25. The highest BCUT2D eigenvalue weighted by Crippen LogP contribution is 2.30. The van der Waals surface area contributed by atoms with Crippen molar-refractivity contribution in [1.29, 1.82) is 0 Å². The summed E-state index contributed by atoms with van der Waals surface area (Å²) in [5.74, 6) is 2.26. The molecule has 0 amide bonds. The second-order valence-electron chi connectivity index (χ2n) is 4.85. The Morgan fingerprint density at radius 3 is 2.86 bits per heavy atom. The highest BCUT2D eigenvalue weighted by atomic mass is 16.5. The van der Waals surface area contributed by atoms with E-state index in [-0.39, 0.29) is 6.04 Å². The normalized spacial score (nSPS) is 12.1. The van der Waals surface area contributed by atoms with Gasteiger partial charge in [-0.2, -0.15) is 0 Å². The first kappa shape index (κ1) is 15.4. The Bertz CT molecular complexity index is 540. The first-order valence-electron chi connectivity index (χ1n) is 7.18. The monoisotopic (exact) mass is 290 g/mol. The SMILES string of the molecule is CCCNC(C)c1ccc(OC)cc1OCc1ccno1. The zero-order valence-electron chi connectivity index (χ0n) is 12.8. The fourth-order valence-corrected chi connectivity index (χ4v) is 2.06. The van der Waals surface area contributed by atoms with Crippen molar-refractivity contribution < 1.29 is 14.0 Å². The summed E-state index contributed by atoms with van der Waals surface area (Å²) >= 11 is 0. The van der Waals surface area contributed by atoms with E-state index in [1.54, 1.807) is 19.4 Å². The number of aromatic nitrogens is 1. The quantitative estimate of drug-likeness (QED) is 0.808. The molecule has 0 spiro atoms. The minimum absolute atomic E-state index is 0.209. The van der Waals surface area contributed by atoms with Crippen LogP contribution in [0.5, 0.6) is 11.5 Å². The summed E-state index contributed by atoms with van der Waals surface area (Å²) in [6.45, 7) is 5.59. The molecule has 2 rings (SSSR count). The number of rotatable bonds is 8. The topological polar surface area (TPSA) is 56.5 Å². The van der Waals surface area contributed by atoms with Gasteiger partial charge in [0.05, 0.1) is 13.3 Å². The Labute approximate surface area is 125 Å². The average molecular weight is 290 g/mol. The van der Waals surface area contributed by atoms with Crippen LogP contribution >= 0.6 is 0 Å². The van der Waals surface area contributed by atoms with Gasteiger partial charge in [0, 0.05) is 23.7 Å². The van der Waals surface area contributed by atoms with Crippen molar-refractivity contribution in [3.63, 3.8) is 0 Å². The van der Waals surface area contributed by atoms with Gasteiger partial charge >= 0.3 is 0 Å². The second kappa shape index (κ2) is 7.69. The zero-order valence-corrected chi connectivity index (χ0v) is 12.8. The maximum absolute atomic E-state index is 5.87. The van der Waals surface area contributed by atoms with E-state index in [1.807, 2.05) is 18.2 Å². The summed E-state index contributed by atoms with van der Waals surface area (Å²) in [7, 11) is 1.65. The maximum atomic E-state index is 5.87. The molecule has 1 heterocycles. The lowest BCUT2D eigenvalue weighted by Crippen LogP contribution is -2.20. The number of benzene rings is 1. The van der Waals surface area contributed by atoms with Crippen LogP contribution in [0.25, 0.3) is 0 Å². The lowest BCUT2D eigenvalue weighted by Gasteiger charge is -2.18. The lowest BCUT2D eigenvalue weighted by atomic mass is 10.1. The summed E-state index contributed by atoms with van der Waals surface area (Å²) in [5.41, 5.74) is 1.10. The maximum Gasteiger partial charge on any atom is 0.174 e. The Hall–Kier alpha value is -2.01. The number of nitrogens with one attached hydrogen (secondary N) is 1. The van der Waals surface area contributed by atoms with E-state index in [2.05, 4.69) is 24.3 Å². The van der Waals surface area contributed by atoms with Gasteiger partial charge in [-0.3, -0.25) is 0 Å². The molecule has 5 heteroatoms. The molecule has 1 atom stereocenters. The average Bonchev–Trinajstić information content (AvgIpc) is 3.03. The molecule has 5 nitrogen and oxygen atoms in total.